The lowest BCUT2D eigenvalue weighted by Gasteiger charge is -2.18. The SMILES string of the molecule is O=C(NC(=O)c1ccccc1)N[C@@H](Cc1ccc(NS(=O)(=O)O)cc1)c1csc(-c2cccs2)n1. The van der Waals surface area contributed by atoms with Gasteiger partial charge in [-0.2, -0.15) is 8.42 Å². The van der Waals surface area contributed by atoms with Crippen LogP contribution in [0.25, 0.3) is 9.88 Å². The highest BCUT2D eigenvalue weighted by Crippen LogP contribution is 2.30. The molecule has 2 heterocycles. The van der Waals surface area contributed by atoms with E-state index < -0.39 is 28.3 Å². The number of thiophene rings is 1. The van der Waals surface area contributed by atoms with Gasteiger partial charge in [0.25, 0.3) is 5.91 Å². The Morgan fingerprint density at radius 1 is 0.971 bits per heavy atom. The van der Waals surface area contributed by atoms with Gasteiger partial charge in [0.2, 0.25) is 0 Å². The minimum absolute atomic E-state index is 0.195. The van der Waals surface area contributed by atoms with Crippen molar-refractivity contribution in [3.05, 3.63) is 94.3 Å². The number of anilines is 1. The van der Waals surface area contributed by atoms with Crippen molar-refractivity contribution in [2.45, 2.75) is 12.5 Å². The first-order valence-electron chi connectivity index (χ1n) is 10.3. The van der Waals surface area contributed by atoms with Gasteiger partial charge in [0, 0.05) is 10.9 Å². The Hall–Kier alpha value is -3.58. The highest BCUT2D eigenvalue weighted by Gasteiger charge is 2.21. The Bertz CT molecular complexity index is 1400. The zero-order valence-electron chi connectivity index (χ0n) is 18.0. The number of aromatic nitrogens is 1. The summed E-state index contributed by atoms with van der Waals surface area (Å²) in [5.74, 6) is -0.528. The number of carbonyl (C=O) groups is 2. The summed E-state index contributed by atoms with van der Waals surface area (Å²) in [6.45, 7) is 0. The van der Waals surface area contributed by atoms with Crippen LogP contribution in [0.4, 0.5) is 10.5 Å². The van der Waals surface area contributed by atoms with E-state index in [1.54, 1.807) is 53.8 Å². The van der Waals surface area contributed by atoms with E-state index in [-0.39, 0.29) is 5.69 Å². The molecule has 0 bridgehead atoms. The van der Waals surface area contributed by atoms with Crippen LogP contribution in [0, 0.1) is 0 Å². The van der Waals surface area contributed by atoms with Crippen molar-refractivity contribution in [3.8, 4) is 9.88 Å². The number of hydrogen-bond acceptors (Lipinski definition) is 7. The third-order valence-electron chi connectivity index (χ3n) is 4.82. The molecule has 9 nitrogen and oxygen atoms in total. The monoisotopic (exact) mass is 528 g/mol. The number of nitrogens with one attached hydrogen (secondary N) is 3. The van der Waals surface area contributed by atoms with Crippen molar-refractivity contribution in [3.63, 3.8) is 0 Å². The van der Waals surface area contributed by atoms with Crippen molar-refractivity contribution in [1.82, 2.24) is 15.6 Å². The van der Waals surface area contributed by atoms with Crippen molar-refractivity contribution in [1.29, 1.82) is 0 Å². The molecule has 0 saturated carbocycles. The van der Waals surface area contributed by atoms with E-state index in [2.05, 4.69) is 15.6 Å². The zero-order chi connectivity index (χ0) is 24.8. The molecular formula is C23H20N4O5S3. The van der Waals surface area contributed by atoms with Crippen molar-refractivity contribution in [2.75, 3.05) is 4.72 Å². The largest absolute Gasteiger partial charge is 0.357 e. The Morgan fingerprint density at radius 3 is 2.37 bits per heavy atom. The Balaban J connectivity index is 1.52. The van der Waals surface area contributed by atoms with Gasteiger partial charge in [0.1, 0.15) is 5.01 Å². The average molecular weight is 529 g/mol. The molecule has 0 unspecified atom stereocenters. The molecule has 0 spiro atoms. The first kappa shape index (κ1) is 24.5. The van der Waals surface area contributed by atoms with Crippen LogP contribution in [0.5, 0.6) is 0 Å². The van der Waals surface area contributed by atoms with E-state index in [9.17, 15) is 18.0 Å². The van der Waals surface area contributed by atoms with Gasteiger partial charge in [-0.05, 0) is 47.7 Å². The van der Waals surface area contributed by atoms with Crippen LogP contribution in [0.2, 0.25) is 0 Å². The first-order chi connectivity index (χ1) is 16.8. The molecule has 35 heavy (non-hydrogen) atoms. The summed E-state index contributed by atoms with van der Waals surface area (Å²) >= 11 is 3.01. The molecule has 4 rings (SSSR count). The van der Waals surface area contributed by atoms with E-state index in [1.807, 2.05) is 27.6 Å². The van der Waals surface area contributed by atoms with E-state index >= 15 is 0 Å². The van der Waals surface area contributed by atoms with Gasteiger partial charge in [0.05, 0.1) is 22.3 Å². The standard InChI is InChI=1S/C23H20N4O5S3/c28-21(16-5-2-1-3-6-16)26-23(29)25-18(19-14-34-22(24-19)20-7-4-12-33-20)13-15-8-10-17(11-9-15)27-35(30,31)32/h1-12,14,18,27H,13H2,(H,30,31,32)(H2,25,26,28,29)/t18-/m0/s1. The normalized spacial score (nSPS) is 12.0. The molecule has 2 aromatic heterocycles. The summed E-state index contributed by atoms with van der Waals surface area (Å²) < 4.78 is 33.0. The number of imide groups is 1. The first-order valence-corrected chi connectivity index (χ1v) is 13.5. The maximum absolute atomic E-state index is 12.7. The van der Waals surface area contributed by atoms with Crippen LogP contribution in [0.3, 0.4) is 0 Å². The molecule has 4 N–H and O–H groups in total. The number of rotatable bonds is 8. The summed E-state index contributed by atoms with van der Waals surface area (Å²) in [6.07, 6.45) is 0.326. The Morgan fingerprint density at radius 2 is 1.71 bits per heavy atom. The molecular weight excluding hydrogens is 508 g/mol. The van der Waals surface area contributed by atoms with Crippen LogP contribution in [-0.4, -0.2) is 29.9 Å². The molecule has 0 fully saturated rings. The number of thiazole rings is 1. The molecule has 2 aromatic carbocycles. The fourth-order valence-corrected chi connectivity index (χ4v) is 5.36. The summed E-state index contributed by atoms with van der Waals surface area (Å²) in [5, 5.41) is 9.78. The Labute approximate surface area is 209 Å². The van der Waals surface area contributed by atoms with Crippen LogP contribution in [0.1, 0.15) is 27.7 Å². The molecule has 1 atom stereocenters. The molecule has 0 aliphatic rings. The van der Waals surface area contributed by atoms with Crippen LogP contribution in [0.15, 0.2) is 77.5 Å². The smallest absolute Gasteiger partial charge is 0.329 e. The Kier molecular flexibility index (Phi) is 7.56. The lowest BCUT2D eigenvalue weighted by atomic mass is 10.0. The highest BCUT2D eigenvalue weighted by atomic mass is 32.2. The van der Waals surface area contributed by atoms with E-state index in [0.717, 1.165) is 15.4 Å². The number of urea groups is 1. The van der Waals surface area contributed by atoms with E-state index in [1.165, 1.54) is 23.5 Å². The number of carbonyl (C=O) groups excluding carboxylic acids is 2. The minimum Gasteiger partial charge on any atom is -0.329 e. The molecule has 0 radical (unpaired) electrons. The van der Waals surface area contributed by atoms with Crippen molar-refractivity contribution < 1.29 is 22.6 Å². The minimum atomic E-state index is -4.38. The average Bonchev–Trinajstić information content (AvgIpc) is 3.52. The molecule has 3 amide bonds. The second-order valence-corrected chi connectivity index (χ2v) is 10.3. The van der Waals surface area contributed by atoms with Gasteiger partial charge in [-0.15, -0.1) is 22.7 Å². The molecule has 0 aliphatic heterocycles. The van der Waals surface area contributed by atoms with Gasteiger partial charge < -0.3 is 5.32 Å². The topological polar surface area (TPSA) is 137 Å². The predicted octanol–water partition coefficient (Wildman–Crippen LogP) is 4.51. The maximum Gasteiger partial charge on any atom is 0.357 e. The predicted molar refractivity (Wildman–Crippen MR) is 136 cm³/mol. The summed E-state index contributed by atoms with van der Waals surface area (Å²) in [5.41, 5.74) is 1.95. The quantitative estimate of drug-likeness (QED) is 0.248. The summed E-state index contributed by atoms with van der Waals surface area (Å²) in [4.78, 5) is 30.7. The zero-order valence-corrected chi connectivity index (χ0v) is 20.5. The fraction of sp³-hybridized carbons (Fsp3) is 0.0870. The van der Waals surface area contributed by atoms with E-state index in [0.29, 0.717) is 17.7 Å². The molecule has 0 aliphatic carbocycles. The van der Waals surface area contributed by atoms with Gasteiger partial charge >= 0.3 is 16.3 Å². The second-order valence-electron chi connectivity index (χ2n) is 7.38. The van der Waals surface area contributed by atoms with Gasteiger partial charge in [-0.25, -0.2) is 9.78 Å². The lowest BCUT2D eigenvalue weighted by molar-refractivity contribution is 0.0963. The van der Waals surface area contributed by atoms with Crippen LogP contribution < -0.4 is 15.4 Å². The molecule has 0 saturated heterocycles. The molecule has 12 heteroatoms. The van der Waals surface area contributed by atoms with Crippen molar-refractivity contribution >= 4 is 50.6 Å². The van der Waals surface area contributed by atoms with Crippen molar-refractivity contribution in [2.24, 2.45) is 0 Å². The second kappa shape index (κ2) is 10.8. The summed E-state index contributed by atoms with van der Waals surface area (Å²) in [6, 6.07) is 17.4. The fourth-order valence-electron chi connectivity index (χ4n) is 3.24. The van der Waals surface area contributed by atoms with E-state index in [4.69, 9.17) is 4.55 Å². The number of nitrogens with zero attached hydrogens (tertiary/aromatic N) is 1. The van der Waals surface area contributed by atoms with Gasteiger partial charge in [0.15, 0.2) is 0 Å². The number of amides is 3. The van der Waals surface area contributed by atoms with Crippen LogP contribution in [-0.2, 0) is 16.7 Å². The molecule has 180 valence electrons. The lowest BCUT2D eigenvalue weighted by Crippen LogP contribution is -2.42. The van der Waals surface area contributed by atoms with Crippen LogP contribution >= 0.6 is 22.7 Å². The molecule has 4 aromatic rings. The maximum atomic E-state index is 12.7. The highest BCUT2D eigenvalue weighted by molar-refractivity contribution is 7.87. The third-order valence-corrected chi connectivity index (χ3v) is 7.21. The number of benzene rings is 2. The summed E-state index contributed by atoms with van der Waals surface area (Å²) in [7, 11) is -4.38. The van der Waals surface area contributed by atoms with Gasteiger partial charge in [-0.3, -0.25) is 19.4 Å². The third kappa shape index (κ3) is 6.96. The number of hydrogen-bond donors (Lipinski definition) is 4. The van der Waals surface area contributed by atoms with Gasteiger partial charge in [-0.1, -0.05) is 36.4 Å².